The first-order valence-electron chi connectivity index (χ1n) is 7.92. The molecule has 3 aromatic rings. The van der Waals surface area contributed by atoms with Gasteiger partial charge in [-0.15, -0.1) is 0 Å². The molecule has 0 amide bonds. The van der Waals surface area contributed by atoms with Gasteiger partial charge in [-0.25, -0.2) is 4.98 Å². The lowest BCUT2D eigenvalue weighted by molar-refractivity contribution is 0.0718. The Morgan fingerprint density at radius 2 is 1.85 bits per heavy atom. The molecule has 0 saturated carbocycles. The van der Waals surface area contributed by atoms with Crippen molar-refractivity contribution in [2.75, 3.05) is 0 Å². The van der Waals surface area contributed by atoms with Crippen LogP contribution in [0.3, 0.4) is 0 Å². The minimum absolute atomic E-state index is 0.240. The zero-order chi connectivity index (χ0) is 18.5. The highest BCUT2D eigenvalue weighted by atomic mass is 35.5. The number of oxime groups is 1. The summed E-state index contributed by atoms with van der Waals surface area (Å²) < 4.78 is 1.89. The van der Waals surface area contributed by atoms with Gasteiger partial charge in [0.25, 0.3) is 0 Å². The lowest BCUT2D eigenvalue weighted by atomic mass is 10.1. The second-order valence-electron chi connectivity index (χ2n) is 5.70. The van der Waals surface area contributed by atoms with Gasteiger partial charge in [-0.3, -0.25) is 0 Å². The van der Waals surface area contributed by atoms with E-state index in [1.807, 2.05) is 48.0 Å². The Labute approximate surface area is 167 Å². The quantitative estimate of drug-likeness (QED) is 0.369. The van der Waals surface area contributed by atoms with E-state index in [2.05, 4.69) is 10.1 Å². The molecule has 4 nitrogen and oxygen atoms in total. The van der Waals surface area contributed by atoms with Crippen LogP contribution in [0.2, 0.25) is 15.1 Å². The Bertz CT molecular complexity index is 893. The fourth-order valence-electron chi connectivity index (χ4n) is 2.38. The fraction of sp³-hybridized carbons (Fsp3) is 0.158. The largest absolute Gasteiger partial charge is 0.388 e. The van der Waals surface area contributed by atoms with Crippen molar-refractivity contribution in [1.29, 1.82) is 0 Å². The summed E-state index contributed by atoms with van der Waals surface area (Å²) in [6.07, 6.45) is 5.03. The third kappa shape index (κ3) is 4.79. The van der Waals surface area contributed by atoms with E-state index in [9.17, 15) is 0 Å². The van der Waals surface area contributed by atoms with Crippen LogP contribution in [0.5, 0.6) is 0 Å². The van der Waals surface area contributed by atoms with E-state index in [0.717, 1.165) is 11.1 Å². The predicted molar refractivity (Wildman–Crippen MR) is 106 cm³/mol. The predicted octanol–water partition coefficient (Wildman–Crippen LogP) is 6.03. The van der Waals surface area contributed by atoms with E-state index in [0.29, 0.717) is 27.3 Å². The summed E-state index contributed by atoms with van der Waals surface area (Å²) >= 11 is 18.3. The molecule has 1 atom stereocenters. The van der Waals surface area contributed by atoms with Gasteiger partial charge in [0.05, 0.1) is 17.9 Å². The number of nitrogens with zero attached hydrogens (tertiary/aromatic N) is 3. The van der Waals surface area contributed by atoms with Gasteiger partial charge in [0, 0.05) is 28.0 Å². The molecule has 0 saturated heterocycles. The molecule has 0 aliphatic carbocycles. The van der Waals surface area contributed by atoms with Crippen LogP contribution in [0.4, 0.5) is 0 Å². The maximum Gasteiger partial charge on any atom is 0.149 e. The van der Waals surface area contributed by atoms with Crippen LogP contribution in [0, 0.1) is 0 Å². The van der Waals surface area contributed by atoms with Crippen LogP contribution >= 0.6 is 34.8 Å². The SMILES string of the molecule is CC(O/N=C(/Cn1ccnc1)c1ccc(Cl)cc1Cl)c1ccc(Cl)cc1. The average Bonchev–Trinajstić information content (AvgIpc) is 3.12. The maximum atomic E-state index is 6.35. The summed E-state index contributed by atoms with van der Waals surface area (Å²) in [6.45, 7) is 2.39. The summed E-state index contributed by atoms with van der Waals surface area (Å²) in [5, 5.41) is 6.12. The Morgan fingerprint density at radius 3 is 2.50 bits per heavy atom. The summed E-state index contributed by atoms with van der Waals surface area (Å²) in [5.41, 5.74) is 2.40. The lowest BCUT2D eigenvalue weighted by Crippen LogP contribution is -2.12. The van der Waals surface area contributed by atoms with Crippen LogP contribution in [0.15, 0.2) is 66.3 Å². The minimum Gasteiger partial charge on any atom is -0.388 e. The molecule has 1 unspecified atom stereocenters. The van der Waals surface area contributed by atoms with Gasteiger partial charge in [-0.2, -0.15) is 0 Å². The topological polar surface area (TPSA) is 39.4 Å². The number of hydrogen-bond donors (Lipinski definition) is 0. The third-order valence-electron chi connectivity index (χ3n) is 3.79. The van der Waals surface area contributed by atoms with E-state index in [1.165, 1.54) is 0 Å². The monoisotopic (exact) mass is 407 g/mol. The number of halogens is 3. The number of aromatic nitrogens is 2. The molecule has 134 valence electrons. The number of rotatable bonds is 6. The molecule has 1 aromatic heterocycles. The van der Waals surface area contributed by atoms with Gasteiger partial charge >= 0.3 is 0 Å². The van der Waals surface area contributed by atoms with Gasteiger partial charge in [-0.1, -0.05) is 52.1 Å². The molecule has 7 heteroatoms. The lowest BCUT2D eigenvalue weighted by Gasteiger charge is -2.14. The van der Waals surface area contributed by atoms with E-state index < -0.39 is 0 Å². The van der Waals surface area contributed by atoms with Crippen LogP contribution in [0.1, 0.15) is 24.2 Å². The van der Waals surface area contributed by atoms with Gasteiger partial charge in [0.1, 0.15) is 11.8 Å². The van der Waals surface area contributed by atoms with Crippen LogP contribution in [0.25, 0.3) is 0 Å². The zero-order valence-electron chi connectivity index (χ0n) is 13.9. The number of imidazole rings is 1. The van der Waals surface area contributed by atoms with E-state index >= 15 is 0 Å². The van der Waals surface area contributed by atoms with Crippen LogP contribution < -0.4 is 0 Å². The molecule has 0 radical (unpaired) electrons. The summed E-state index contributed by atoms with van der Waals surface area (Å²) in [4.78, 5) is 9.80. The standard InChI is InChI=1S/C19H16Cl3N3O/c1-13(14-2-4-15(20)5-3-14)26-24-19(11-25-9-8-23-12-25)17-7-6-16(21)10-18(17)22/h2-10,12-13H,11H2,1H3/b24-19-. The van der Waals surface area contributed by atoms with E-state index in [-0.39, 0.29) is 6.10 Å². The first-order valence-corrected chi connectivity index (χ1v) is 9.05. The molecule has 2 aromatic carbocycles. The molecule has 1 heterocycles. The Morgan fingerprint density at radius 1 is 1.12 bits per heavy atom. The van der Waals surface area contributed by atoms with Crippen molar-refractivity contribution >= 4 is 40.5 Å². The van der Waals surface area contributed by atoms with Crippen molar-refractivity contribution in [3.05, 3.63) is 87.4 Å². The first kappa shape index (κ1) is 18.8. The highest BCUT2D eigenvalue weighted by Gasteiger charge is 2.13. The average molecular weight is 409 g/mol. The normalized spacial score (nSPS) is 12.8. The number of benzene rings is 2. The van der Waals surface area contributed by atoms with Gasteiger partial charge in [-0.05, 0) is 42.8 Å². The molecule has 0 N–H and O–H groups in total. The highest BCUT2D eigenvalue weighted by molar-refractivity contribution is 6.37. The molecule has 0 aliphatic rings. The minimum atomic E-state index is -0.240. The molecular formula is C19H16Cl3N3O. The zero-order valence-corrected chi connectivity index (χ0v) is 16.2. The molecule has 26 heavy (non-hydrogen) atoms. The van der Waals surface area contributed by atoms with E-state index in [4.69, 9.17) is 39.6 Å². The third-order valence-corrected chi connectivity index (χ3v) is 4.59. The molecular weight excluding hydrogens is 393 g/mol. The Kier molecular flexibility index (Phi) is 6.20. The fourth-order valence-corrected chi connectivity index (χ4v) is 3.02. The van der Waals surface area contributed by atoms with Crippen molar-refractivity contribution < 1.29 is 4.84 Å². The molecule has 0 bridgehead atoms. The van der Waals surface area contributed by atoms with Gasteiger partial charge < -0.3 is 9.40 Å². The van der Waals surface area contributed by atoms with Crippen molar-refractivity contribution in [1.82, 2.24) is 9.55 Å². The van der Waals surface area contributed by atoms with Crippen LogP contribution in [-0.2, 0) is 11.4 Å². The van der Waals surface area contributed by atoms with Crippen molar-refractivity contribution in [3.63, 3.8) is 0 Å². The van der Waals surface area contributed by atoms with Crippen molar-refractivity contribution in [3.8, 4) is 0 Å². The Balaban J connectivity index is 1.86. The summed E-state index contributed by atoms with van der Waals surface area (Å²) in [6, 6.07) is 12.8. The molecule has 0 fully saturated rings. The van der Waals surface area contributed by atoms with E-state index in [1.54, 1.807) is 24.7 Å². The molecule has 0 aliphatic heterocycles. The maximum absolute atomic E-state index is 6.35. The van der Waals surface area contributed by atoms with Gasteiger partial charge in [0.15, 0.2) is 0 Å². The second kappa shape index (κ2) is 8.58. The van der Waals surface area contributed by atoms with Crippen LogP contribution in [-0.4, -0.2) is 15.3 Å². The summed E-state index contributed by atoms with van der Waals surface area (Å²) in [7, 11) is 0. The smallest absolute Gasteiger partial charge is 0.149 e. The second-order valence-corrected chi connectivity index (χ2v) is 6.98. The first-order chi connectivity index (χ1) is 12.5. The molecule has 0 spiro atoms. The summed E-state index contributed by atoms with van der Waals surface area (Å²) in [5.74, 6) is 0. The Hall–Kier alpha value is -2.01. The highest BCUT2D eigenvalue weighted by Crippen LogP contribution is 2.24. The van der Waals surface area contributed by atoms with Crippen molar-refractivity contribution in [2.24, 2.45) is 5.16 Å². The van der Waals surface area contributed by atoms with Crippen molar-refractivity contribution in [2.45, 2.75) is 19.6 Å². The molecule has 3 rings (SSSR count). The number of hydrogen-bond acceptors (Lipinski definition) is 3. The van der Waals surface area contributed by atoms with Gasteiger partial charge in [0.2, 0.25) is 0 Å².